The molecule has 0 spiro atoms. The summed E-state index contributed by atoms with van der Waals surface area (Å²) >= 11 is 24.3. The lowest BCUT2D eigenvalue weighted by Crippen LogP contribution is -2.38. The van der Waals surface area contributed by atoms with Crippen LogP contribution in [0.5, 0.6) is 11.5 Å². The molecule has 0 saturated heterocycles. The maximum absolute atomic E-state index is 13.0. The summed E-state index contributed by atoms with van der Waals surface area (Å²) in [6.07, 6.45) is 0. The van der Waals surface area contributed by atoms with E-state index in [0.29, 0.717) is 0 Å². The molecule has 0 heterocycles. The summed E-state index contributed by atoms with van der Waals surface area (Å²) in [5.74, 6) is -1.20. The van der Waals surface area contributed by atoms with Crippen LogP contribution in [0.15, 0.2) is 54.6 Å². The average Bonchev–Trinajstić information content (AvgIpc) is 2.62. The lowest BCUT2D eigenvalue weighted by atomic mass is 9.83. The van der Waals surface area contributed by atoms with Gasteiger partial charge in [0.15, 0.2) is 4.75 Å². The molecule has 3 rings (SSSR count). The van der Waals surface area contributed by atoms with E-state index < -0.39 is 26.4 Å². The van der Waals surface area contributed by atoms with E-state index in [1.54, 1.807) is 0 Å². The minimum absolute atomic E-state index is 0.00205. The van der Waals surface area contributed by atoms with E-state index in [-0.39, 0.29) is 36.8 Å². The van der Waals surface area contributed by atoms with Crippen LogP contribution in [-0.4, -0.2) is 23.2 Å². The second kappa shape index (κ2) is 7.87. The highest BCUT2D eigenvalue weighted by atomic mass is 35.5. The van der Waals surface area contributed by atoms with Crippen molar-refractivity contribution in [2.45, 2.75) is 4.75 Å². The molecular weight excluding hydrogens is 482 g/mol. The number of rotatable bonds is 4. The van der Waals surface area contributed by atoms with Crippen LogP contribution in [0.25, 0.3) is 0 Å². The van der Waals surface area contributed by atoms with E-state index in [1.165, 1.54) is 42.5 Å². The van der Waals surface area contributed by atoms with Crippen LogP contribution in [0.3, 0.4) is 0 Å². The predicted octanol–water partition coefficient (Wildman–Crippen LogP) is 5.89. The van der Waals surface area contributed by atoms with Crippen LogP contribution in [0, 0.1) is 0 Å². The van der Waals surface area contributed by atoms with Gasteiger partial charge in [0.2, 0.25) is 0 Å². The summed E-state index contributed by atoms with van der Waals surface area (Å²) in [4.78, 5) is 0. The molecule has 0 saturated carbocycles. The van der Waals surface area contributed by atoms with Crippen molar-refractivity contribution in [3.8, 4) is 11.5 Å². The zero-order valence-electron chi connectivity index (χ0n) is 14.3. The molecule has 0 fully saturated rings. The molecular formula is C19H12Cl4O5S. The van der Waals surface area contributed by atoms with Crippen molar-refractivity contribution in [1.82, 2.24) is 0 Å². The average molecular weight is 494 g/mol. The van der Waals surface area contributed by atoms with Gasteiger partial charge in [0.25, 0.3) is 10.1 Å². The van der Waals surface area contributed by atoms with Gasteiger partial charge >= 0.3 is 0 Å². The Hall–Kier alpha value is -1.67. The molecule has 29 heavy (non-hydrogen) atoms. The van der Waals surface area contributed by atoms with E-state index in [1.807, 2.05) is 0 Å². The van der Waals surface area contributed by atoms with Crippen molar-refractivity contribution in [3.05, 3.63) is 91.4 Å². The fourth-order valence-corrected chi connectivity index (χ4v) is 5.26. The summed E-state index contributed by atoms with van der Waals surface area (Å²) < 4.78 is 34.0. The summed E-state index contributed by atoms with van der Waals surface area (Å²) in [7, 11) is -5.06. The minimum atomic E-state index is -5.06. The van der Waals surface area contributed by atoms with Crippen LogP contribution >= 0.6 is 46.4 Å². The van der Waals surface area contributed by atoms with Gasteiger partial charge in [0.05, 0.1) is 0 Å². The Labute approximate surface area is 186 Å². The fourth-order valence-electron chi connectivity index (χ4n) is 3.19. The molecule has 0 aliphatic rings. The molecule has 0 bridgehead atoms. The molecule has 152 valence electrons. The topological polar surface area (TPSA) is 94.8 Å². The predicted molar refractivity (Wildman–Crippen MR) is 114 cm³/mol. The highest BCUT2D eigenvalue weighted by Gasteiger charge is 2.50. The summed E-state index contributed by atoms with van der Waals surface area (Å²) in [6.45, 7) is 0. The number of hydrogen-bond acceptors (Lipinski definition) is 4. The zero-order valence-corrected chi connectivity index (χ0v) is 18.1. The molecule has 0 aromatic heterocycles. The van der Waals surface area contributed by atoms with E-state index in [0.717, 1.165) is 12.1 Å². The fraction of sp³-hybridized carbons (Fsp3) is 0.0526. The van der Waals surface area contributed by atoms with Gasteiger partial charge in [0, 0.05) is 20.6 Å². The monoisotopic (exact) mass is 492 g/mol. The third-order valence-electron chi connectivity index (χ3n) is 4.37. The third-order valence-corrected chi connectivity index (χ3v) is 7.02. The van der Waals surface area contributed by atoms with E-state index in [9.17, 15) is 23.2 Å². The number of halogens is 4. The Balaban J connectivity index is 2.61. The Bertz CT molecular complexity index is 1190. The second-order valence-corrected chi connectivity index (χ2v) is 9.34. The molecule has 3 N–H and O–H groups in total. The SMILES string of the molecule is O=S(=O)(O)C(c1cccc(Cl)c1)(c1cc(O)c(Cl)c(O)c1)c1cc(Cl)ccc1Cl. The lowest BCUT2D eigenvalue weighted by molar-refractivity contribution is 0.444. The zero-order chi connectivity index (χ0) is 21.6. The van der Waals surface area contributed by atoms with Crippen LogP contribution in [-0.2, 0) is 14.9 Å². The Kier molecular flexibility index (Phi) is 5.98. The minimum Gasteiger partial charge on any atom is -0.506 e. The van der Waals surface area contributed by atoms with E-state index in [4.69, 9.17) is 46.4 Å². The van der Waals surface area contributed by atoms with Crippen LogP contribution in [0.4, 0.5) is 0 Å². The molecule has 3 aromatic carbocycles. The number of phenols is 2. The van der Waals surface area contributed by atoms with Gasteiger partial charge in [-0.25, -0.2) is 0 Å². The number of phenolic OH excluding ortho intramolecular Hbond substituents is 2. The van der Waals surface area contributed by atoms with Crippen molar-refractivity contribution in [3.63, 3.8) is 0 Å². The van der Waals surface area contributed by atoms with Crippen molar-refractivity contribution in [2.24, 2.45) is 0 Å². The maximum atomic E-state index is 13.0. The lowest BCUT2D eigenvalue weighted by Gasteiger charge is -2.33. The van der Waals surface area contributed by atoms with E-state index >= 15 is 0 Å². The quantitative estimate of drug-likeness (QED) is 0.311. The summed E-state index contributed by atoms with van der Waals surface area (Å²) in [5, 5.41) is 20.1. The van der Waals surface area contributed by atoms with Gasteiger partial charge in [-0.05, 0) is 53.6 Å². The highest BCUT2D eigenvalue weighted by Crippen LogP contribution is 2.50. The molecule has 1 unspecified atom stereocenters. The van der Waals surface area contributed by atoms with Crippen molar-refractivity contribution < 1.29 is 23.2 Å². The number of benzene rings is 3. The van der Waals surface area contributed by atoms with Crippen LogP contribution in [0.1, 0.15) is 16.7 Å². The summed E-state index contributed by atoms with van der Waals surface area (Å²) in [6, 6.07) is 11.8. The Morgan fingerprint density at radius 3 is 1.90 bits per heavy atom. The molecule has 0 radical (unpaired) electrons. The number of aromatic hydroxyl groups is 2. The first-order chi connectivity index (χ1) is 13.5. The summed E-state index contributed by atoms with van der Waals surface area (Å²) in [5.41, 5.74) is -0.346. The molecule has 1 atom stereocenters. The van der Waals surface area contributed by atoms with Gasteiger partial charge in [-0.15, -0.1) is 0 Å². The van der Waals surface area contributed by atoms with E-state index in [2.05, 4.69) is 0 Å². The molecule has 0 amide bonds. The molecule has 0 aliphatic carbocycles. The Morgan fingerprint density at radius 1 is 0.759 bits per heavy atom. The molecule has 5 nitrogen and oxygen atoms in total. The molecule has 0 aliphatic heterocycles. The van der Waals surface area contributed by atoms with Gasteiger partial charge in [0.1, 0.15) is 16.5 Å². The Morgan fingerprint density at radius 2 is 1.34 bits per heavy atom. The van der Waals surface area contributed by atoms with Crippen LogP contribution < -0.4 is 0 Å². The van der Waals surface area contributed by atoms with Gasteiger partial charge < -0.3 is 10.2 Å². The smallest absolute Gasteiger partial charge is 0.283 e. The first-order valence-electron chi connectivity index (χ1n) is 7.89. The largest absolute Gasteiger partial charge is 0.506 e. The first kappa shape index (κ1) is 22.0. The van der Waals surface area contributed by atoms with Gasteiger partial charge in [-0.2, -0.15) is 8.42 Å². The van der Waals surface area contributed by atoms with Crippen molar-refractivity contribution in [1.29, 1.82) is 0 Å². The second-order valence-electron chi connectivity index (χ2n) is 6.12. The standard InChI is InChI=1S/C19H12Cl4O5S/c20-12-3-1-2-10(6-12)19(29(26,27)28,14-9-13(21)4-5-15(14)22)11-7-16(24)18(23)17(25)8-11/h1-9,24-25H,(H,26,27,28). The third kappa shape index (κ3) is 3.77. The first-order valence-corrected chi connectivity index (χ1v) is 10.8. The van der Waals surface area contributed by atoms with Crippen molar-refractivity contribution in [2.75, 3.05) is 0 Å². The van der Waals surface area contributed by atoms with Gasteiger partial charge in [-0.1, -0.05) is 58.5 Å². The van der Waals surface area contributed by atoms with Crippen LogP contribution in [0.2, 0.25) is 20.1 Å². The normalized spacial score (nSPS) is 13.8. The van der Waals surface area contributed by atoms with Gasteiger partial charge in [-0.3, -0.25) is 4.55 Å². The number of hydrogen-bond donors (Lipinski definition) is 3. The maximum Gasteiger partial charge on any atom is 0.283 e. The molecule has 10 heteroatoms. The highest BCUT2D eigenvalue weighted by molar-refractivity contribution is 7.87. The van der Waals surface area contributed by atoms with Crippen molar-refractivity contribution >= 4 is 56.5 Å². The molecule has 3 aromatic rings.